The van der Waals surface area contributed by atoms with Gasteiger partial charge in [0.1, 0.15) is 11.5 Å². The van der Waals surface area contributed by atoms with E-state index in [-0.39, 0.29) is 0 Å². The maximum absolute atomic E-state index is 10.8. The molecule has 49 heavy (non-hydrogen) atoms. The van der Waals surface area contributed by atoms with E-state index >= 15 is 0 Å². The quantitative estimate of drug-likeness (QED) is 0.180. The molecular weight excluding hydrogens is 740 g/mol. The van der Waals surface area contributed by atoms with Crippen molar-refractivity contribution in [2.75, 3.05) is 33.3 Å². The summed E-state index contributed by atoms with van der Waals surface area (Å²) >= 11 is 7.15. The number of hydrogen-bond acceptors (Lipinski definition) is 6. The van der Waals surface area contributed by atoms with Gasteiger partial charge in [0.15, 0.2) is 0 Å². The molecular formula is C41H44Br2N4O2. The Morgan fingerprint density at radius 3 is 1.55 bits per heavy atom. The largest absolute Gasteiger partial charge is 0.507 e. The number of halogens is 2. The summed E-state index contributed by atoms with van der Waals surface area (Å²) in [6, 6.07) is 13.0. The molecule has 4 aliphatic rings. The first kappa shape index (κ1) is 34.2. The van der Waals surface area contributed by atoms with Gasteiger partial charge in [-0.3, -0.25) is 9.97 Å². The highest BCUT2D eigenvalue weighted by Gasteiger charge is 2.28. The molecule has 3 N–H and O–H groups in total. The number of fused-ring (bicyclic) bond motifs is 4. The highest BCUT2D eigenvalue weighted by atomic mass is 79.9. The molecule has 4 aromatic rings. The van der Waals surface area contributed by atoms with Gasteiger partial charge in [-0.25, -0.2) is 0 Å². The zero-order valence-corrected chi connectivity index (χ0v) is 31.8. The molecule has 0 bridgehead atoms. The van der Waals surface area contributed by atoms with Gasteiger partial charge < -0.3 is 20.5 Å². The lowest BCUT2D eigenvalue weighted by atomic mass is 9.88. The van der Waals surface area contributed by atoms with Crippen molar-refractivity contribution in [3.05, 3.63) is 125 Å². The van der Waals surface area contributed by atoms with Gasteiger partial charge >= 0.3 is 0 Å². The van der Waals surface area contributed by atoms with Crippen LogP contribution in [0.1, 0.15) is 81.6 Å². The standard InChI is InChI=1S/C21H23BrN2O.C20H21BrN2O/c1-13-9-15-3-4-16-11-17(22)12-24-21(16)20(14-5-7-23-8-6-14)19(15)18(10-13)25-2;1-12-8-14-2-3-15-10-16(21)11-23-20(15)19(18(14)17(24)9-12)13-4-6-22-7-5-13/h9-12,23H,3-8H2,1-2H3;8-11,22,24H,2-7H2,1H3. The number of aromatic nitrogens is 2. The molecule has 2 aromatic carbocycles. The average molecular weight is 785 g/mol. The average Bonchev–Trinajstić information content (AvgIpc) is 3.37. The molecule has 6 nitrogen and oxygen atoms in total. The van der Waals surface area contributed by atoms with Crippen LogP contribution in [0.2, 0.25) is 0 Å². The molecule has 0 radical (unpaired) electrons. The van der Waals surface area contributed by atoms with E-state index in [0.717, 1.165) is 115 Å². The third-order valence-electron chi connectivity index (χ3n) is 10.2. The summed E-state index contributed by atoms with van der Waals surface area (Å²) < 4.78 is 7.89. The predicted molar refractivity (Wildman–Crippen MR) is 206 cm³/mol. The smallest absolute Gasteiger partial charge is 0.127 e. The number of hydrogen-bond donors (Lipinski definition) is 3. The third kappa shape index (κ3) is 7.16. The topological polar surface area (TPSA) is 79.3 Å². The summed E-state index contributed by atoms with van der Waals surface area (Å²) in [5, 5.41) is 17.7. The summed E-state index contributed by atoms with van der Waals surface area (Å²) in [6.45, 7) is 8.25. The van der Waals surface area contributed by atoms with Crippen molar-refractivity contribution in [3.63, 3.8) is 0 Å². The highest BCUT2D eigenvalue weighted by molar-refractivity contribution is 9.10. The second-order valence-corrected chi connectivity index (χ2v) is 15.4. The first-order valence-corrected chi connectivity index (χ1v) is 19.0. The number of aryl methyl sites for hydroxylation is 6. The van der Waals surface area contributed by atoms with Crippen molar-refractivity contribution >= 4 is 43.0 Å². The maximum atomic E-state index is 10.8. The number of nitrogens with one attached hydrogen (secondary N) is 2. The number of phenols is 1. The molecule has 2 saturated heterocycles. The van der Waals surface area contributed by atoms with Gasteiger partial charge in [-0.15, -0.1) is 0 Å². The van der Waals surface area contributed by atoms with Gasteiger partial charge in [0.25, 0.3) is 0 Å². The molecule has 2 aromatic heterocycles. The zero-order valence-electron chi connectivity index (χ0n) is 28.6. The molecule has 2 aliphatic heterocycles. The molecule has 8 rings (SSSR count). The van der Waals surface area contributed by atoms with Crippen LogP contribution in [-0.4, -0.2) is 48.4 Å². The number of phenolic OH excluding ortho intramolecular Hbond substituents is 1. The minimum atomic E-state index is 0.392. The van der Waals surface area contributed by atoms with Crippen molar-refractivity contribution in [1.29, 1.82) is 0 Å². The highest BCUT2D eigenvalue weighted by Crippen LogP contribution is 2.44. The minimum absolute atomic E-state index is 0.392. The summed E-state index contributed by atoms with van der Waals surface area (Å²) in [7, 11) is 1.78. The third-order valence-corrected chi connectivity index (χ3v) is 11.0. The van der Waals surface area contributed by atoms with E-state index in [0.29, 0.717) is 5.75 Å². The molecule has 0 saturated carbocycles. The minimum Gasteiger partial charge on any atom is -0.507 e. The number of methoxy groups -OCH3 is 1. The number of aromatic hydroxyl groups is 1. The number of nitrogens with zero attached hydrogens (tertiary/aromatic N) is 2. The Morgan fingerprint density at radius 1 is 0.592 bits per heavy atom. The fraction of sp³-hybridized carbons (Fsp3) is 0.366. The van der Waals surface area contributed by atoms with E-state index in [1.165, 1.54) is 55.7 Å². The Balaban J connectivity index is 0.000000154. The molecule has 2 aliphatic carbocycles. The van der Waals surface area contributed by atoms with Crippen LogP contribution in [0.25, 0.3) is 11.1 Å². The molecule has 8 heteroatoms. The first-order valence-electron chi connectivity index (χ1n) is 17.5. The Bertz CT molecular complexity index is 1970. The predicted octanol–water partition coefficient (Wildman–Crippen LogP) is 8.59. The van der Waals surface area contributed by atoms with Crippen LogP contribution in [-0.2, 0) is 25.7 Å². The van der Waals surface area contributed by atoms with Gasteiger partial charge in [0, 0.05) is 43.6 Å². The molecule has 0 spiro atoms. The molecule has 2 fully saturated rings. The van der Waals surface area contributed by atoms with Crippen molar-refractivity contribution in [3.8, 4) is 11.5 Å². The Kier molecular flexibility index (Phi) is 10.4. The van der Waals surface area contributed by atoms with Gasteiger partial charge in [0.05, 0.1) is 18.5 Å². The van der Waals surface area contributed by atoms with E-state index in [1.54, 1.807) is 7.11 Å². The van der Waals surface area contributed by atoms with Gasteiger partial charge in [-0.2, -0.15) is 0 Å². The van der Waals surface area contributed by atoms with Crippen LogP contribution in [0, 0.1) is 13.8 Å². The summed E-state index contributed by atoms with van der Waals surface area (Å²) in [4.78, 5) is 9.61. The molecule has 4 heterocycles. The van der Waals surface area contributed by atoms with Crippen LogP contribution in [0.5, 0.6) is 11.5 Å². The van der Waals surface area contributed by atoms with Crippen molar-refractivity contribution in [2.45, 2.75) is 65.2 Å². The van der Waals surface area contributed by atoms with E-state index in [9.17, 15) is 5.11 Å². The lowest BCUT2D eigenvalue weighted by molar-refractivity contribution is 0.412. The molecule has 0 atom stereocenters. The van der Waals surface area contributed by atoms with Crippen LogP contribution in [0.15, 0.2) is 68.9 Å². The van der Waals surface area contributed by atoms with Gasteiger partial charge in [0.2, 0.25) is 0 Å². The Labute approximate surface area is 306 Å². The fourth-order valence-electron chi connectivity index (χ4n) is 8.01. The summed E-state index contributed by atoms with van der Waals surface area (Å²) in [5.41, 5.74) is 17.4. The number of ether oxygens (including phenoxy) is 1. The summed E-state index contributed by atoms with van der Waals surface area (Å²) in [5.74, 6) is 1.37. The monoisotopic (exact) mass is 782 g/mol. The van der Waals surface area contributed by atoms with Crippen molar-refractivity contribution in [1.82, 2.24) is 20.6 Å². The second kappa shape index (κ2) is 14.9. The molecule has 0 unspecified atom stereocenters. The SMILES string of the molecule is COc1cc(C)cc2c1C(=C1CCNCC1)c1ncc(Br)cc1CC2.Cc1cc(O)c2c(c1)CCc1cc(Br)cnc1C2=C1CCNCC1. The number of piperidine rings is 2. The molecule has 254 valence electrons. The lowest BCUT2D eigenvalue weighted by Crippen LogP contribution is -2.24. The number of rotatable bonds is 1. The van der Waals surface area contributed by atoms with Gasteiger partial charge in [-0.05, 0) is 181 Å². The normalized spacial score (nSPS) is 17.1. The maximum Gasteiger partial charge on any atom is 0.127 e. The lowest BCUT2D eigenvalue weighted by Gasteiger charge is -2.23. The van der Waals surface area contributed by atoms with E-state index in [2.05, 4.69) is 79.7 Å². The van der Waals surface area contributed by atoms with E-state index in [4.69, 9.17) is 14.7 Å². The fourth-order valence-corrected chi connectivity index (χ4v) is 8.77. The zero-order chi connectivity index (χ0) is 34.1. The van der Waals surface area contributed by atoms with Crippen molar-refractivity contribution < 1.29 is 9.84 Å². The van der Waals surface area contributed by atoms with E-state index in [1.807, 2.05) is 25.4 Å². The Hall–Kier alpha value is -3.30. The van der Waals surface area contributed by atoms with Crippen LogP contribution in [0.3, 0.4) is 0 Å². The van der Waals surface area contributed by atoms with E-state index < -0.39 is 0 Å². The van der Waals surface area contributed by atoms with Crippen LogP contribution >= 0.6 is 31.9 Å². The Morgan fingerprint density at radius 2 is 1.04 bits per heavy atom. The van der Waals surface area contributed by atoms with Gasteiger partial charge in [-0.1, -0.05) is 23.3 Å². The first-order chi connectivity index (χ1) is 23.8. The molecule has 0 amide bonds. The number of benzene rings is 2. The number of pyridine rings is 2. The summed E-state index contributed by atoms with van der Waals surface area (Å²) in [6.07, 6.45) is 11.9. The van der Waals surface area contributed by atoms with Crippen LogP contribution < -0.4 is 15.4 Å². The second-order valence-electron chi connectivity index (χ2n) is 13.6. The van der Waals surface area contributed by atoms with Crippen molar-refractivity contribution in [2.24, 2.45) is 0 Å². The van der Waals surface area contributed by atoms with Crippen LogP contribution in [0.4, 0.5) is 0 Å².